The Hall–Kier alpha value is -4.76. The van der Waals surface area contributed by atoms with Crippen molar-refractivity contribution in [1.29, 1.82) is 0 Å². The molecule has 3 N–H and O–H groups in total. The maximum absolute atomic E-state index is 13.3. The second-order valence-electron chi connectivity index (χ2n) is 15.3. The van der Waals surface area contributed by atoms with Crippen LogP contribution < -0.4 is 45.6 Å². The predicted molar refractivity (Wildman–Crippen MR) is 221 cm³/mol. The third kappa shape index (κ3) is 8.27. The van der Waals surface area contributed by atoms with E-state index in [1.165, 1.54) is 0 Å². The second kappa shape index (κ2) is 17.5. The van der Waals surface area contributed by atoms with Crippen molar-refractivity contribution >= 4 is 49.4 Å². The van der Waals surface area contributed by atoms with Crippen LogP contribution in [0, 0.1) is 0 Å². The van der Waals surface area contributed by atoms with Crippen LogP contribution in [0.3, 0.4) is 0 Å². The van der Waals surface area contributed by atoms with Crippen LogP contribution in [0.2, 0.25) is 0 Å². The number of rotatable bonds is 10. The Bertz CT molecular complexity index is 2970. The van der Waals surface area contributed by atoms with Crippen LogP contribution in [0.15, 0.2) is 82.4 Å². The topological polar surface area (TPSA) is 277 Å². The molecular weight excluding hydrogens is 901 g/mol. The van der Waals surface area contributed by atoms with E-state index in [2.05, 4.69) is 9.05 Å². The van der Waals surface area contributed by atoms with Gasteiger partial charge in [-0.15, -0.1) is 0 Å². The zero-order valence-corrected chi connectivity index (χ0v) is 38.7. The van der Waals surface area contributed by atoms with Gasteiger partial charge in [-0.1, -0.05) is 50.2 Å². The summed E-state index contributed by atoms with van der Waals surface area (Å²) in [6, 6.07) is 22.5. The number of fused-ring (bicyclic) bond motifs is 10. The van der Waals surface area contributed by atoms with Gasteiger partial charge in [-0.2, -0.15) is 0 Å². The first-order valence-corrected chi connectivity index (χ1v) is 22.8. The SMILES string of the molecule is CC[C@@]1(OCOP(=O)(O)O)C(=O)OCc2c1cc1n(c2=O)Cc2cc3ccccc3nc2-1.CC[C@@]1(OCOP(=O)([O-])O)C(=O)OCc2c1cc1n(c2=O)Cc2cc3ccccc3nc2-1.[Na+]. The van der Waals surface area contributed by atoms with Gasteiger partial charge in [-0.05, 0) is 49.2 Å². The van der Waals surface area contributed by atoms with Gasteiger partial charge in [0.25, 0.3) is 18.9 Å². The largest absolute Gasteiger partial charge is 1.00 e. The number of cyclic esters (lactones) is 2. The zero-order valence-electron chi connectivity index (χ0n) is 34.9. The number of hydrogen-bond acceptors (Lipinski definition) is 15. The summed E-state index contributed by atoms with van der Waals surface area (Å²) in [7, 11) is -9.89. The third-order valence-corrected chi connectivity index (χ3v) is 12.7. The zero-order chi connectivity index (χ0) is 45.3. The normalized spacial score (nSPS) is 19.8. The van der Waals surface area contributed by atoms with Crippen molar-refractivity contribution in [3.8, 4) is 22.8 Å². The summed E-state index contributed by atoms with van der Waals surface area (Å²) in [5, 5.41) is 1.90. The van der Waals surface area contributed by atoms with Crippen LogP contribution in [0.25, 0.3) is 44.6 Å². The molecule has 4 aliphatic rings. The number of esters is 2. The number of para-hydroxylation sites is 2. The van der Waals surface area contributed by atoms with Crippen LogP contribution in [-0.4, -0.2) is 59.3 Å². The van der Waals surface area contributed by atoms with Crippen LogP contribution >= 0.6 is 15.6 Å². The number of phosphoric ester groups is 2. The monoisotopic (exact) mass is 938 g/mol. The minimum absolute atomic E-state index is 0. The maximum Gasteiger partial charge on any atom is 1.00 e. The standard InChI is InChI=1S/2C21H19N2O8P.Na/c2*1-2-21(30-11-31-32(26,27)28)15-8-17-18-13(7-12-5-3-4-6-16(12)22-18)9-23(17)19(24)14(15)10-29-20(21)25;/h2*3-8H,2,9-11H2,1H3,(H2,26,27,28);/q;;+1/p-1/t2*21-;/m00./s1. The first kappa shape index (κ1) is 46.8. The van der Waals surface area contributed by atoms with E-state index < -0.39 is 52.4 Å². The van der Waals surface area contributed by atoms with Crippen molar-refractivity contribution in [2.24, 2.45) is 0 Å². The fourth-order valence-corrected chi connectivity index (χ4v) is 9.07. The van der Waals surface area contributed by atoms with Gasteiger partial charge in [0.15, 0.2) is 24.8 Å². The Kier molecular flexibility index (Phi) is 12.6. The number of carbonyl (C=O) groups is 2. The molecule has 0 fully saturated rings. The molecule has 23 heteroatoms. The predicted octanol–water partition coefficient (Wildman–Crippen LogP) is 0.713. The van der Waals surface area contributed by atoms with E-state index in [-0.39, 0.29) is 83.4 Å². The van der Waals surface area contributed by atoms with Gasteiger partial charge in [0.1, 0.15) is 13.2 Å². The molecule has 1 unspecified atom stereocenters. The van der Waals surface area contributed by atoms with Crippen LogP contribution in [0.4, 0.5) is 0 Å². The molecule has 2 aromatic carbocycles. The third-order valence-electron chi connectivity index (χ3n) is 11.8. The summed E-state index contributed by atoms with van der Waals surface area (Å²) in [5.41, 5.74) is 2.52. The maximum atomic E-state index is 13.3. The number of benzene rings is 2. The summed E-state index contributed by atoms with van der Waals surface area (Å²) in [4.78, 5) is 99.4. The molecule has 20 nitrogen and oxygen atoms in total. The van der Waals surface area contributed by atoms with Crippen molar-refractivity contribution in [2.45, 2.75) is 64.2 Å². The van der Waals surface area contributed by atoms with E-state index in [0.29, 0.717) is 41.4 Å². The molecule has 3 atom stereocenters. The van der Waals surface area contributed by atoms with E-state index in [0.717, 1.165) is 32.9 Å². The van der Waals surface area contributed by atoms with Gasteiger partial charge in [0.2, 0.25) is 0 Å². The molecule has 0 radical (unpaired) electrons. The Morgan fingerprint density at radius 3 is 1.49 bits per heavy atom. The second-order valence-corrected chi connectivity index (χ2v) is 17.7. The molecule has 0 saturated heterocycles. The molecule has 4 aromatic heterocycles. The number of aromatic nitrogens is 4. The van der Waals surface area contributed by atoms with Crippen molar-refractivity contribution in [3.63, 3.8) is 0 Å². The average molecular weight is 939 g/mol. The molecule has 0 spiro atoms. The molecule has 0 bridgehead atoms. The van der Waals surface area contributed by atoms with Crippen LogP contribution in [0.1, 0.15) is 60.1 Å². The van der Waals surface area contributed by atoms with Crippen molar-refractivity contribution in [3.05, 3.63) is 127 Å². The summed E-state index contributed by atoms with van der Waals surface area (Å²) in [6.45, 7) is 1.73. The van der Waals surface area contributed by atoms with Gasteiger partial charge in [0, 0.05) is 33.0 Å². The molecule has 65 heavy (non-hydrogen) atoms. The number of pyridine rings is 4. The van der Waals surface area contributed by atoms with Gasteiger partial charge in [0.05, 0.1) is 58.0 Å². The molecule has 332 valence electrons. The summed E-state index contributed by atoms with van der Waals surface area (Å²) >= 11 is 0. The van der Waals surface area contributed by atoms with Gasteiger partial charge >= 0.3 is 49.3 Å². The van der Waals surface area contributed by atoms with E-state index in [1.807, 2.05) is 60.7 Å². The first-order valence-electron chi connectivity index (χ1n) is 19.8. The molecule has 0 amide bonds. The van der Waals surface area contributed by atoms with Crippen LogP contribution in [0.5, 0.6) is 0 Å². The van der Waals surface area contributed by atoms with Crippen LogP contribution in [-0.2, 0) is 84.2 Å². The average Bonchev–Trinajstić information content (AvgIpc) is 3.80. The first-order chi connectivity index (χ1) is 30.5. The van der Waals surface area contributed by atoms with E-state index in [1.54, 1.807) is 35.1 Å². The van der Waals surface area contributed by atoms with E-state index >= 15 is 0 Å². The smallest absolute Gasteiger partial charge is 0.756 e. The molecule has 0 saturated carbocycles. The molecular formula is C42H37N4NaO16P2. The molecule has 6 aromatic rings. The summed E-state index contributed by atoms with van der Waals surface area (Å²) < 4.78 is 55.3. The summed E-state index contributed by atoms with van der Waals surface area (Å²) in [6.07, 6.45) is 0.0991. The minimum Gasteiger partial charge on any atom is -0.756 e. The Morgan fingerprint density at radius 2 is 1.09 bits per heavy atom. The molecule has 0 aliphatic carbocycles. The van der Waals surface area contributed by atoms with Crippen molar-refractivity contribution < 1.29 is 95.8 Å². The Balaban J connectivity index is 0.000000175. The quantitative estimate of drug-likeness (QED) is 0.0737. The van der Waals surface area contributed by atoms with Crippen molar-refractivity contribution in [1.82, 2.24) is 19.1 Å². The van der Waals surface area contributed by atoms with E-state index in [4.69, 9.17) is 43.6 Å². The van der Waals surface area contributed by atoms with Gasteiger partial charge < -0.3 is 47.7 Å². The molecule has 10 rings (SSSR count). The molecule has 4 aliphatic heterocycles. The number of carbonyl (C=O) groups excluding carboxylic acids is 2. The van der Waals surface area contributed by atoms with E-state index in [9.17, 15) is 33.2 Å². The summed E-state index contributed by atoms with van der Waals surface area (Å²) in [5.74, 6) is -1.53. The fourth-order valence-electron chi connectivity index (χ4n) is 8.69. The number of phosphoric acid groups is 2. The molecule has 8 heterocycles. The fraction of sp³-hybridized carbons (Fsp3) is 0.286. The van der Waals surface area contributed by atoms with Crippen molar-refractivity contribution in [2.75, 3.05) is 13.6 Å². The number of ether oxygens (including phenoxy) is 4. The minimum atomic E-state index is -5.07. The number of nitrogens with zero attached hydrogens (tertiary/aromatic N) is 4. The number of hydrogen-bond donors (Lipinski definition) is 3. The Morgan fingerprint density at radius 1 is 0.677 bits per heavy atom. The Labute approximate surface area is 389 Å². The van der Waals surface area contributed by atoms with Gasteiger partial charge in [-0.3, -0.25) is 23.2 Å². The van der Waals surface area contributed by atoms with Gasteiger partial charge in [-0.25, -0.2) is 24.1 Å².